The topological polar surface area (TPSA) is 81.4 Å². The lowest BCUT2D eigenvalue weighted by molar-refractivity contribution is 0.153. The molecule has 4 heterocycles. The van der Waals surface area contributed by atoms with Crippen LogP contribution in [0.3, 0.4) is 0 Å². The van der Waals surface area contributed by atoms with Crippen molar-refractivity contribution in [1.29, 1.82) is 0 Å². The molecular formula is C24H29BrF2N6OS. The number of halogens is 3. The predicted octanol–water partition coefficient (Wildman–Crippen LogP) is 5.07. The maximum atomic E-state index is 13.8. The van der Waals surface area contributed by atoms with Crippen molar-refractivity contribution in [3.63, 3.8) is 0 Å². The van der Waals surface area contributed by atoms with E-state index in [0.717, 1.165) is 30.5 Å². The van der Waals surface area contributed by atoms with Crippen molar-refractivity contribution in [3.05, 3.63) is 51.6 Å². The van der Waals surface area contributed by atoms with Gasteiger partial charge in [-0.05, 0) is 74.5 Å². The van der Waals surface area contributed by atoms with Crippen molar-refractivity contribution in [2.24, 2.45) is 5.41 Å². The minimum atomic E-state index is -2.64. The normalized spacial score (nSPS) is 20.7. The van der Waals surface area contributed by atoms with Crippen LogP contribution in [-0.2, 0) is 17.8 Å². The van der Waals surface area contributed by atoms with Crippen LogP contribution in [0.5, 0.6) is 0 Å². The van der Waals surface area contributed by atoms with Gasteiger partial charge < -0.3 is 9.45 Å². The maximum Gasteiger partial charge on any atom is 0.267 e. The van der Waals surface area contributed by atoms with Gasteiger partial charge in [0.2, 0.25) is 0 Å². The molecule has 7 nitrogen and oxygen atoms in total. The highest BCUT2D eigenvalue weighted by Crippen LogP contribution is 2.52. The van der Waals surface area contributed by atoms with Gasteiger partial charge in [-0.1, -0.05) is 6.07 Å². The van der Waals surface area contributed by atoms with Crippen molar-refractivity contribution in [1.82, 2.24) is 24.3 Å². The molecule has 1 spiro atoms. The van der Waals surface area contributed by atoms with Crippen LogP contribution in [0.25, 0.3) is 5.52 Å². The zero-order chi connectivity index (χ0) is 25.1. The first-order valence-corrected chi connectivity index (χ1v) is 13.6. The Morgan fingerprint density at radius 3 is 2.66 bits per heavy atom. The fourth-order valence-corrected chi connectivity index (χ4v) is 6.56. The fraction of sp³-hybridized carbons (Fsp3) is 0.542. The lowest BCUT2D eigenvalue weighted by Crippen LogP contribution is -2.50. The average molecular weight is 568 g/mol. The molecule has 5 rings (SSSR count). The molecular weight excluding hydrogens is 538 g/mol. The van der Waals surface area contributed by atoms with E-state index in [-0.39, 0.29) is 17.0 Å². The van der Waals surface area contributed by atoms with Gasteiger partial charge in [0, 0.05) is 41.8 Å². The molecule has 35 heavy (non-hydrogen) atoms. The molecule has 1 aliphatic carbocycles. The summed E-state index contributed by atoms with van der Waals surface area (Å²) in [6, 6.07) is 3.92. The molecule has 0 bridgehead atoms. The number of hydrogen-bond acceptors (Lipinski definition) is 6. The van der Waals surface area contributed by atoms with Crippen LogP contribution in [0.4, 0.5) is 14.6 Å². The highest BCUT2D eigenvalue weighted by Gasteiger charge is 2.51. The van der Waals surface area contributed by atoms with Gasteiger partial charge in [0.1, 0.15) is 14.9 Å². The number of fused-ring (bicyclic) bond motifs is 2. The summed E-state index contributed by atoms with van der Waals surface area (Å²) < 4.78 is 45.8. The summed E-state index contributed by atoms with van der Waals surface area (Å²) in [7, 11) is 0. The van der Waals surface area contributed by atoms with Crippen LogP contribution in [0.15, 0.2) is 29.1 Å². The summed E-state index contributed by atoms with van der Waals surface area (Å²) in [5, 5.41) is 4.19. The number of piperidine rings is 1. The number of hydrogen-bond donors (Lipinski definition) is 1. The molecule has 0 unspecified atom stereocenters. The first-order valence-electron chi connectivity index (χ1n) is 11.7. The zero-order valence-corrected chi connectivity index (χ0v) is 22.6. The third-order valence-corrected chi connectivity index (χ3v) is 9.68. The Balaban J connectivity index is 1.47. The molecule has 1 N–H and O–H groups in total. The largest absolute Gasteiger partial charge is 0.598 e. The summed E-state index contributed by atoms with van der Waals surface area (Å²) >= 11 is 2.21. The molecule has 0 radical (unpaired) electrons. The molecule has 1 saturated heterocycles. The molecule has 1 fully saturated rings. The number of pyridine rings is 1. The molecule has 3 aromatic heterocycles. The summed E-state index contributed by atoms with van der Waals surface area (Å²) in [5.41, 5.74) is 2.91. The molecule has 188 valence electrons. The van der Waals surface area contributed by atoms with E-state index in [2.05, 4.69) is 41.7 Å². The van der Waals surface area contributed by atoms with E-state index in [0.29, 0.717) is 34.7 Å². The van der Waals surface area contributed by atoms with Crippen LogP contribution < -0.4 is 9.62 Å². The average Bonchev–Trinajstić information content (AvgIpc) is 3.37. The third kappa shape index (κ3) is 4.24. The summed E-state index contributed by atoms with van der Waals surface area (Å²) in [4.78, 5) is 11.4. The van der Waals surface area contributed by atoms with Gasteiger partial charge in [-0.3, -0.25) is 4.98 Å². The SMILES string of the molecule is Cc1nc(N2CCC3(CC2)Cc2ncccc2[C@H]3N[S@+]([O-])C(C)(C)C)c2c(C(F)F)cnn2c1Br. The summed E-state index contributed by atoms with van der Waals surface area (Å²) in [5.74, 6) is 0.532. The van der Waals surface area contributed by atoms with Crippen molar-refractivity contribution in [3.8, 4) is 0 Å². The monoisotopic (exact) mass is 566 g/mol. The Morgan fingerprint density at radius 2 is 2.00 bits per heavy atom. The number of nitrogens with one attached hydrogen (secondary N) is 1. The number of anilines is 1. The van der Waals surface area contributed by atoms with E-state index in [1.54, 1.807) is 0 Å². The van der Waals surface area contributed by atoms with Gasteiger partial charge in [0.05, 0.1) is 23.5 Å². The second-order valence-electron chi connectivity index (χ2n) is 10.5. The molecule has 1 aliphatic heterocycles. The molecule has 2 aliphatic rings. The van der Waals surface area contributed by atoms with Gasteiger partial charge in [0.25, 0.3) is 6.43 Å². The van der Waals surface area contributed by atoms with Crippen LogP contribution in [-0.4, -0.2) is 42.0 Å². The molecule has 0 saturated carbocycles. The number of alkyl halides is 2. The van der Waals surface area contributed by atoms with Crippen molar-refractivity contribution < 1.29 is 13.3 Å². The van der Waals surface area contributed by atoms with Crippen molar-refractivity contribution in [2.75, 3.05) is 18.0 Å². The van der Waals surface area contributed by atoms with Gasteiger partial charge in [-0.15, -0.1) is 4.72 Å². The number of nitrogens with zero attached hydrogens (tertiary/aromatic N) is 5. The third-order valence-electron chi connectivity index (χ3n) is 7.21. The fourth-order valence-electron chi connectivity index (χ4n) is 5.25. The van der Waals surface area contributed by atoms with Crippen molar-refractivity contribution in [2.45, 2.75) is 64.2 Å². The van der Waals surface area contributed by atoms with E-state index in [4.69, 9.17) is 4.98 Å². The standard InChI is InChI=1S/C24H29BrF2N6OS/c1-14-20(25)33-18(16(13-29-33)21(26)27)22(30-14)32-10-7-24(8-11-32)12-17-15(6-5-9-28-17)19(24)31-35(34)23(2,3)4/h5-6,9,13,19,21,31H,7-8,10-12H2,1-4H3/t19-,35-/m1/s1. The highest BCUT2D eigenvalue weighted by atomic mass is 79.9. The first kappa shape index (κ1) is 24.9. The van der Waals surface area contributed by atoms with E-state index in [9.17, 15) is 13.3 Å². The molecule has 11 heteroatoms. The summed E-state index contributed by atoms with van der Waals surface area (Å²) in [6.07, 6.45) is 2.78. The second kappa shape index (κ2) is 8.93. The van der Waals surface area contributed by atoms with E-state index >= 15 is 0 Å². The maximum absolute atomic E-state index is 13.8. The molecule has 0 amide bonds. The Kier molecular flexibility index (Phi) is 6.34. The molecule has 3 aromatic rings. The quantitative estimate of drug-likeness (QED) is 0.444. The van der Waals surface area contributed by atoms with Gasteiger partial charge in [0.15, 0.2) is 5.82 Å². The van der Waals surface area contributed by atoms with Crippen molar-refractivity contribution >= 4 is 38.6 Å². The Hall–Kier alpha value is -1.82. The van der Waals surface area contributed by atoms with Gasteiger partial charge in [-0.2, -0.15) is 5.10 Å². The number of aromatic nitrogens is 4. The minimum Gasteiger partial charge on any atom is -0.598 e. The smallest absolute Gasteiger partial charge is 0.267 e. The highest BCUT2D eigenvalue weighted by molar-refractivity contribution is 9.10. The summed E-state index contributed by atoms with van der Waals surface area (Å²) in [6.45, 7) is 9.01. The van der Waals surface area contributed by atoms with Crippen LogP contribution in [0.1, 0.15) is 68.6 Å². The van der Waals surface area contributed by atoms with Crippen LogP contribution in [0, 0.1) is 12.3 Å². The minimum absolute atomic E-state index is 0.0837. The second-order valence-corrected chi connectivity index (χ2v) is 13.2. The van der Waals surface area contributed by atoms with E-state index in [1.165, 1.54) is 10.7 Å². The first-order chi connectivity index (χ1) is 16.5. The lowest BCUT2D eigenvalue weighted by Gasteiger charge is -2.44. The van der Waals surface area contributed by atoms with Gasteiger partial charge >= 0.3 is 0 Å². The molecule has 2 atom stereocenters. The predicted molar refractivity (Wildman–Crippen MR) is 136 cm³/mol. The Labute approximate surface area is 215 Å². The zero-order valence-electron chi connectivity index (χ0n) is 20.2. The van der Waals surface area contributed by atoms with Gasteiger partial charge in [-0.25, -0.2) is 18.3 Å². The lowest BCUT2D eigenvalue weighted by atomic mass is 9.73. The van der Waals surface area contributed by atoms with Crippen LogP contribution >= 0.6 is 15.9 Å². The van der Waals surface area contributed by atoms with Crippen LogP contribution in [0.2, 0.25) is 0 Å². The molecule has 0 aromatic carbocycles. The van der Waals surface area contributed by atoms with E-state index in [1.807, 2.05) is 40.0 Å². The Bertz CT molecular complexity index is 1250. The number of rotatable bonds is 4. The number of aryl methyl sites for hydroxylation is 1. The Morgan fingerprint density at radius 1 is 1.29 bits per heavy atom. The van der Waals surface area contributed by atoms with E-state index < -0.39 is 22.5 Å².